The van der Waals surface area contributed by atoms with Gasteiger partial charge < -0.3 is 10.4 Å². The highest BCUT2D eigenvalue weighted by Crippen LogP contribution is 1.99. The highest BCUT2D eigenvalue weighted by molar-refractivity contribution is 5.92. The third-order valence-corrected chi connectivity index (χ3v) is 2.00. The van der Waals surface area contributed by atoms with Crippen LogP contribution in [0.2, 0.25) is 0 Å². The molecule has 0 fully saturated rings. The molecule has 1 heterocycles. The van der Waals surface area contributed by atoms with Crippen molar-refractivity contribution in [2.45, 2.75) is 19.4 Å². The van der Waals surface area contributed by atoms with Crippen molar-refractivity contribution < 1.29 is 14.3 Å². The Balaban J connectivity index is 2.68. The van der Waals surface area contributed by atoms with Crippen molar-refractivity contribution in [1.82, 2.24) is 10.3 Å². The van der Waals surface area contributed by atoms with Crippen molar-refractivity contribution in [3.63, 3.8) is 0 Å². The Kier molecular flexibility index (Phi) is 4.17. The summed E-state index contributed by atoms with van der Waals surface area (Å²) in [6.07, 6.45) is 0.609. The van der Waals surface area contributed by atoms with Gasteiger partial charge in [-0.2, -0.15) is 4.39 Å². The molecule has 0 radical (unpaired) electrons. The third-order valence-electron chi connectivity index (χ3n) is 2.00. The monoisotopic (exact) mass is 212 g/mol. The second-order valence-corrected chi connectivity index (χ2v) is 3.11. The molecule has 0 bridgehead atoms. The highest BCUT2D eigenvalue weighted by atomic mass is 19.1. The summed E-state index contributed by atoms with van der Waals surface area (Å²) in [6, 6.07) is 3.68. The van der Waals surface area contributed by atoms with Crippen molar-refractivity contribution in [2.24, 2.45) is 0 Å². The number of carbonyl (C=O) groups is 1. The summed E-state index contributed by atoms with van der Waals surface area (Å²) in [6.45, 7) is 1.69. The van der Waals surface area contributed by atoms with Crippen LogP contribution < -0.4 is 5.32 Å². The fraction of sp³-hybridized carbons (Fsp3) is 0.400. The minimum absolute atomic E-state index is 0.0156. The van der Waals surface area contributed by atoms with Crippen LogP contribution in [0.15, 0.2) is 18.2 Å². The number of aliphatic hydroxyl groups is 1. The van der Waals surface area contributed by atoms with Crippen LogP contribution in [0.5, 0.6) is 0 Å². The summed E-state index contributed by atoms with van der Waals surface area (Å²) in [5, 5.41) is 11.4. The lowest BCUT2D eigenvalue weighted by Gasteiger charge is -2.13. The Hall–Kier alpha value is -1.49. The number of pyridine rings is 1. The van der Waals surface area contributed by atoms with Crippen molar-refractivity contribution in [3.8, 4) is 0 Å². The van der Waals surface area contributed by atoms with Gasteiger partial charge in [-0.3, -0.25) is 4.79 Å². The number of halogens is 1. The quantitative estimate of drug-likeness (QED) is 0.723. The van der Waals surface area contributed by atoms with Crippen LogP contribution in [0.3, 0.4) is 0 Å². The molecule has 1 aromatic heterocycles. The van der Waals surface area contributed by atoms with Gasteiger partial charge in [0.2, 0.25) is 5.95 Å². The predicted octanol–water partition coefficient (Wildman–Crippen LogP) is 0.721. The topological polar surface area (TPSA) is 62.2 Å². The number of nitrogens with zero attached hydrogens (tertiary/aromatic N) is 1. The summed E-state index contributed by atoms with van der Waals surface area (Å²) < 4.78 is 12.7. The second kappa shape index (κ2) is 5.41. The maximum Gasteiger partial charge on any atom is 0.270 e. The Morgan fingerprint density at radius 3 is 2.93 bits per heavy atom. The zero-order chi connectivity index (χ0) is 11.3. The largest absolute Gasteiger partial charge is 0.394 e. The van der Waals surface area contributed by atoms with Gasteiger partial charge in [0, 0.05) is 0 Å². The molecule has 2 N–H and O–H groups in total. The lowest BCUT2D eigenvalue weighted by Crippen LogP contribution is -2.37. The number of hydrogen-bond donors (Lipinski definition) is 2. The Morgan fingerprint density at radius 1 is 1.67 bits per heavy atom. The first-order chi connectivity index (χ1) is 7.17. The number of aliphatic hydroxyl groups excluding tert-OH is 1. The minimum Gasteiger partial charge on any atom is -0.394 e. The summed E-state index contributed by atoms with van der Waals surface area (Å²) in [7, 11) is 0. The lowest BCUT2D eigenvalue weighted by atomic mass is 10.2. The van der Waals surface area contributed by atoms with Crippen molar-refractivity contribution in [3.05, 3.63) is 29.8 Å². The maximum atomic E-state index is 12.7. The molecule has 4 nitrogen and oxygen atoms in total. The Labute approximate surface area is 87.1 Å². The third kappa shape index (κ3) is 3.28. The van der Waals surface area contributed by atoms with Gasteiger partial charge in [-0.05, 0) is 18.6 Å². The van der Waals surface area contributed by atoms with E-state index >= 15 is 0 Å². The molecule has 0 unspecified atom stereocenters. The van der Waals surface area contributed by atoms with Crippen LogP contribution in [0.1, 0.15) is 23.8 Å². The van der Waals surface area contributed by atoms with Gasteiger partial charge in [-0.15, -0.1) is 0 Å². The number of rotatable bonds is 4. The van der Waals surface area contributed by atoms with E-state index in [1.807, 2.05) is 6.92 Å². The minimum atomic E-state index is -0.695. The van der Waals surface area contributed by atoms with Gasteiger partial charge >= 0.3 is 0 Å². The van der Waals surface area contributed by atoms with Crippen molar-refractivity contribution >= 4 is 5.91 Å². The van der Waals surface area contributed by atoms with E-state index in [1.165, 1.54) is 18.2 Å². The molecule has 1 amide bonds. The van der Waals surface area contributed by atoms with Crippen LogP contribution in [-0.2, 0) is 0 Å². The Bertz CT molecular complexity index is 340. The fourth-order valence-corrected chi connectivity index (χ4v) is 1.07. The van der Waals surface area contributed by atoms with E-state index in [0.717, 1.165) is 0 Å². The summed E-state index contributed by atoms with van der Waals surface area (Å²) in [5.41, 5.74) is 0.0156. The molecule has 1 rings (SSSR count). The summed E-state index contributed by atoms with van der Waals surface area (Å²) in [5.74, 6) is -1.17. The fourth-order valence-electron chi connectivity index (χ4n) is 1.07. The van der Waals surface area contributed by atoms with Gasteiger partial charge in [-0.25, -0.2) is 4.98 Å². The molecule has 15 heavy (non-hydrogen) atoms. The summed E-state index contributed by atoms with van der Waals surface area (Å²) >= 11 is 0. The molecule has 0 aliphatic rings. The zero-order valence-electron chi connectivity index (χ0n) is 8.40. The number of amides is 1. The number of carbonyl (C=O) groups excluding carboxylic acids is 1. The van der Waals surface area contributed by atoms with E-state index in [2.05, 4.69) is 10.3 Å². The molecule has 0 spiro atoms. The van der Waals surface area contributed by atoms with E-state index in [0.29, 0.717) is 6.42 Å². The zero-order valence-corrected chi connectivity index (χ0v) is 8.40. The highest BCUT2D eigenvalue weighted by Gasteiger charge is 2.12. The molecule has 1 atom stereocenters. The van der Waals surface area contributed by atoms with Crippen LogP contribution in [0.25, 0.3) is 0 Å². The molecule has 0 aliphatic carbocycles. The normalized spacial score (nSPS) is 12.2. The molecule has 1 aromatic rings. The van der Waals surface area contributed by atoms with Crippen LogP contribution in [0.4, 0.5) is 4.39 Å². The van der Waals surface area contributed by atoms with Gasteiger partial charge in [0.05, 0.1) is 12.6 Å². The van der Waals surface area contributed by atoms with E-state index in [9.17, 15) is 9.18 Å². The maximum absolute atomic E-state index is 12.7. The van der Waals surface area contributed by atoms with Crippen LogP contribution in [0, 0.1) is 5.95 Å². The van der Waals surface area contributed by atoms with Crippen molar-refractivity contribution in [2.75, 3.05) is 6.61 Å². The molecule has 0 aliphatic heterocycles. The van der Waals surface area contributed by atoms with Gasteiger partial charge in [0.15, 0.2) is 0 Å². The smallest absolute Gasteiger partial charge is 0.270 e. The number of hydrogen-bond acceptors (Lipinski definition) is 3. The van der Waals surface area contributed by atoms with E-state index in [1.54, 1.807) is 0 Å². The van der Waals surface area contributed by atoms with Gasteiger partial charge in [0.25, 0.3) is 5.91 Å². The predicted molar refractivity (Wildman–Crippen MR) is 52.8 cm³/mol. The number of aromatic nitrogens is 1. The standard InChI is InChI=1S/C10H13FN2O2/c1-2-7(6-14)12-10(15)8-4-3-5-9(11)13-8/h3-5,7,14H,2,6H2,1H3,(H,12,15)/t7-/m1/s1. The lowest BCUT2D eigenvalue weighted by molar-refractivity contribution is 0.0908. The average Bonchev–Trinajstić information content (AvgIpc) is 2.25. The van der Waals surface area contributed by atoms with Crippen molar-refractivity contribution in [1.29, 1.82) is 0 Å². The van der Waals surface area contributed by atoms with Crippen LogP contribution >= 0.6 is 0 Å². The first-order valence-electron chi connectivity index (χ1n) is 4.71. The molecular formula is C10H13FN2O2. The second-order valence-electron chi connectivity index (χ2n) is 3.11. The molecule has 0 saturated heterocycles. The van der Waals surface area contributed by atoms with E-state index in [-0.39, 0.29) is 18.3 Å². The first-order valence-corrected chi connectivity index (χ1v) is 4.71. The van der Waals surface area contributed by atoms with Crippen LogP contribution in [-0.4, -0.2) is 28.6 Å². The average molecular weight is 212 g/mol. The molecule has 5 heteroatoms. The number of nitrogens with one attached hydrogen (secondary N) is 1. The van der Waals surface area contributed by atoms with E-state index < -0.39 is 11.9 Å². The first kappa shape index (κ1) is 11.6. The SMILES string of the molecule is CC[C@H](CO)NC(=O)c1cccc(F)n1. The molecule has 82 valence electrons. The van der Waals surface area contributed by atoms with Gasteiger partial charge in [0.1, 0.15) is 5.69 Å². The van der Waals surface area contributed by atoms with E-state index in [4.69, 9.17) is 5.11 Å². The van der Waals surface area contributed by atoms with Gasteiger partial charge in [-0.1, -0.05) is 13.0 Å². The molecule has 0 saturated carbocycles. The molecular weight excluding hydrogens is 199 g/mol. The summed E-state index contributed by atoms with van der Waals surface area (Å²) in [4.78, 5) is 14.9. The molecule has 0 aromatic carbocycles. The Morgan fingerprint density at radius 2 is 2.40 bits per heavy atom.